The summed E-state index contributed by atoms with van der Waals surface area (Å²) in [4.78, 5) is 38.2. The normalized spacial score (nSPS) is 10.8. The maximum absolute atomic E-state index is 12.3. The average Bonchev–Trinajstić information content (AvgIpc) is 2.58. The number of amides is 2. The van der Waals surface area contributed by atoms with Crippen LogP contribution in [0.1, 0.15) is 36.7 Å². The van der Waals surface area contributed by atoms with Crippen molar-refractivity contribution in [1.82, 2.24) is 10.3 Å². The Labute approximate surface area is 161 Å². The number of nitrogens with one attached hydrogen (secondary N) is 2. The largest absolute Gasteiger partial charge is 0.444 e. The number of carbonyl (C=O) groups is 2. The number of carbonyl (C=O) groups excluding carboxylic acids is 2. The first-order valence-electron chi connectivity index (χ1n) is 8.33. The molecule has 28 heavy (non-hydrogen) atoms. The fourth-order valence-corrected chi connectivity index (χ4v) is 2.15. The number of rotatable bonds is 5. The molecule has 0 bridgehead atoms. The van der Waals surface area contributed by atoms with E-state index >= 15 is 0 Å². The fraction of sp³-hybridized carbons (Fsp3) is 0.278. The van der Waals surface area contributed by atoms with Gasteiger partial charge in [-0.25, -0.2) is 9.78 Å². The number of pyridine rings is 1. The predicted molar refractivity (Wildman–Crippen MR) is 103 cm³/mol. The van der Waals surface area contributed by atoms with Gasteiger partial charge in [0.1, 0.15) is 11.4 Å². The van der Waals surface area contributed by atoms with Crippen LogP contribution in [0.4, 0.5) is 22.1 Å². The molecule has 148 valence electrons. The maximum atomic E-state index is 12.3. The van der Waals surface area contributed by atoms with E-state index in [9.17, 15) is 19.7 Å². The molecule has 0 aliphatic rings. The number of hydrogen-bond acceptors (Lipinski definition) is 7. The smallest absolute Gasteiger partial charge is 0.407 e. The molecule has 4 N–H and O–H groups in total. The van der Waals surface area contributed by atoms with Gasteiger partial charge in [-0.05, 0) is 44.5 Å². The number of benzene rings is 1. The Morgan fingerprint density at radius 3 is 2.39 bits per heavy atom. The van der Waals surface area contributed by atoms with Crippen LogP contribution in [0, 0.1) is 10.1 Å². The Morgan fingerprint density at radius 1 is 1.18 bits per heavy atom. The van der Waals surface area contributed by atoms with E-state index in [1.807, 2.05) is 0 Å². The number of aromatic nitrogens is 1. The standard InChI is InChI=1S/C18H21N5O5/c1-18(2,3)28-17(25)20-10-11-4-6-12(7-5-11)16(24)22-15-13(23(26)27)8-9-14(19)21-15/h4-9H,10H2,1-3H3,(H,20,25)(H3,19,21,22,24). The van der Waals surface area contributed by atoms with Crippen molar-refractivity contribution < 1.29 is 19.2 Å². The lowest BCUT2D eigenvalue weighted by Crippen LogP contribution is -2.32. The van der Waals surface area contributed by atoms with Crippen LogP contribution in [-0.2, 0) is 11.3 Å². The van der Waals surface area contributed by atoms with E-state index < -0.39 is 22.5 Å². The molecule has 10 heteroatoms. The third kappa shape index (κ3) is 5.94. The van der Waals surface area contributed by atoms with Gasteiger partial charge in [-0.1, -0.05) is 12.1 Å². The summed E-state index contributed by atoms with van der Waals surface area (Å²) >= 11 is 0. The molecule has 0 spiro atoms. The van der Waals surface area contributed by atoms with E-state index in [0.717, 1.165) is 5.56 Å². The van der Waals surface area contributed by atoms with Crippen molar-refractivity contribution in [3.8, 4) is 0 Å². The van der Waals surface area contributed by atoms with E-state index in [1.54, 1.807) is 32.9 Å². The second-order valence-corrected chi connectivity index (χ2v) is 6.87. The Balaban J connectivity index is 2.02. The van der Waals surface area contributed by atoms with Crippen LogP contribution >= 0.6 is 0 Å². The van der Waals surface area contributed by atoms with Gasteiger partial charge in [0.05, 0.1) is 4.92 Å². The third-order valence-electron chi connectivity index (χ3n) is 3.38. The van der Waals surface area contributed by atoms with Gasteiger partial charge in [0.25, 0.3) is 5.91 Å². The zero-order valence-electron chi connectivity index (χ0n) is 15.7. The molecular formula is C18H21N5O5. The van der Waals surface area contributed by atoms with E-state index in [2.05, 4.69) is 15.6 Å². The number of nitro groups is 1. The van der Waals surface area contributed by atoms with Crippen molar-refractivity contribution in [2.24, 2.45) is 0 Å². The molecule has 0 radical (unpaired) electrons. The highest BCUT2D eigenvalue weighted by molar-refractivity contribution is 6.04. The Kier molecular flexibility index (Phi) is 6.14. The summed E-state index contributed by atoms with van der Waals surface area (Å²) in [5.41, 5.74) is 5.58. The Hall–Kier alpha value is -3.69. The summed E-state index contributed by atoms with van der Waals surface area (Å²) in [5.74, 6) is -0.761. The van der Waals surface area contributed by atoms with Gasteiger partial charge in [0.2, 0.25) is 5.82 Å². The number of nitrogens with two attached hydrogens (primary N) is 1. The molecule has 2 aromatic rings. The molecule has 2 amide bonds. The van der Waals surface area contributed by atoms with Crippen molar-refractivity contribution in [1.29, 1.82) is 0 Å². The molecule has 10 nitrogen and oxygen atoms in total. The number of ether oxygens (including phenoxy) is 1. The van der Waals surface area contributed by atoms with Crippen molar-refractivity contribution in [3.63, 3.8) is 0 Å². The van der Waals surface area contributed by atoms with Crippen molar-refractivity contribution in [3.05, 3.63) is 57.6 Å². The van der Waals surface area contributed by atoms with Gasteiger partial charge in [-0.3, -0.25) is 14.9 Å². The lowest BCUT2D eigenvalue weighted by atomic mass is 10.1. The van der Waals surface area contributed by atoms with E-state index in [1.165, 1.54) is 24.3 Å². The summed E-state index contributed by atoms with van der Waals surface area (Å²) in [6.07, 6.45) is -0.547. The second kappa shape index (κ2) is 8.33. The molecule has 0 saturated heterocycles. The molecule has 1 aromatic heterocycles. The van der Waals surface area contributed by atoms with E-state index in [-0.39, 0.29) is 29.4 Å². The molecule has 0 aliphatic heterocycles. The van der Waals surface area contributed by atoms with Gasteiger partial charge >= 0.3 is 11.8 Å². The highest BCUT2D eigenvalue weighted by atomic mass is 16.6. The summed E-state index contributed by atoms with van der Waals surface area (Å²) in [7, 11) is 0. The van der Waals surface area contributed by atoms with Crippen LogP contribution in [0.3, 0.4) is 0 Å². The molecule has 0 saturated carbocycles. The van der Waals surface area contributed by atoms with Crippen molar-refractivity contribution in [2.75, 3.05) is 11.1 Å². The molecule has 0 atom stereocenters. The third-order valence-corrected chi connectivity index (χ3v) is 3.38. The lowest BCUT2D eigenvalue weighted by molar-refractivity contribution is -0.384. The monoisotopic (exact) mass is 387 g/mol. The van der Waals surface area contributed by atoms with Crippen LogP contribution in [0.5, 0.6) is 0 Å². The first kappa shape index (κ1) is 20.6. The number of anilines is 2. The number of nitrogen functional groups attached to an aromatic ring is 1. The Bertz CT molecular complexity index is 890. The van der Waals surface area contributed by atoms with Gasteiger partial charge < -0.3 is 21.1 Å². The molecule has 2 rings (SSSR count). The number of hydrogen-bond donors (Lipinski definition) is 3. The summed E-state index contributed by atoms with van der Waals surface area (Å²) in [5, 5.41) is 16.0. The van der Waals surface area contributed by atoms with Crippen LogP contribution in [0.25, 0.3) is 0 Å². The zero-order valence-corrected chi connectivity index (χ0v) is 15.7. The first-order chi connectivity index (χ1) is 13.0. The maximum Gasteiger partial charge on any atom is 0.407 e. The van der Waals surface area contributed by atoms with Gasteiger partial charge in [0, 0.05) is 18.2 Å². The summed E-state index contributed by atoms with van der Waals surface area (Å²) in [6.45, 7) is 5.51. The molecule has 1 aromatic carbocycles. The van der Waals surface area contributed by atoms with E-state index in [4.69, 9.17) is 10.5 Å². The molecule has 0 fully saturated rings. The lowest BCUT2D eigenvalue weighted by Gasteiger charge is -2.19. The first-order valence-corrected chi connectivity index (χ1v) is 8.33. The predicted octanol–water partition coefficient (Wildman–Crippen LogP) is 2.85. The van der Waals surface area contributed by atoms with Crippen LogP contribution in [0.2, 0.25) is 0 Å². The quantitative estimate of drug-likeness (QED) is 0.527. The Morgan fingerprint density at radius 2 is 1.82 bits per heavy atom. The minimum atomic E-state index is -0.659. The molecule has 1 heterocycles. The highest BCUT2D eigenvalue weighted by Crippen LogP contribution is 2.23. The number of nitrogens with zero attached hydrogens (tertiary/aromatic N) is 2. The van der Waals surface area contributed by atoms with E-state index in [0.29, 0.717) is 0 Å². The number of alkyl carbamates (subject to hydrolysis) is 1. The average molecular weight is 387 g/mol. The van der Waals surface area contributed by atoms with Crippen molar-refractivity contribution >= 4 is 29.3 Å². The molecule has 0 unspecified atom stereocenters. The second-order valence-electron chi connectivity index (χ2n) is 6.87. The summed E-state index contributed by atoms with van der Waals surface area (Å²) < 4.78 is 5.14. The zero-order chi connectivity index (χ0) is 20.9. The van der Waals surface area contributed by atoms with Crippen LogP contribution in [-0.4, -0.2) is 27.5 Å². The minimum Gasteiger partial charge on any atom is -0.444 e. The van der Waals surface area contributed by atoms with Crippen molar-refractivity contribution in [2.45, 2.75) is 32.9 Å². The molecular weight excluding hydrogens is 366 g/mol. The molecule has 0 aliphatic carbocycles. The van der Waals surface area contributed by atoms with Crippen LogP contribution < -0.4 is 16.4 Å². The van der Waals surface area contributed by atoms with Crippen LogP contribution in [0.15, 0.2) is 36.4 Å². The fourth-order valence-electron chi connectivity index (χ4n) is 2.15. The van der Waals surface area contributed by atoms with Gasteiger partial charge in [-0.2, -0.15) is 0 Å². The highest BCUT2D eigenvalue weighted by Gasteiger charge is 2.19. The topological polar surface area (TPSA) is 149 Å². The summed E-state index contributed by atoms with van der Waals surface area (Å²) in [6, 6.07) is 8.80. The van der Waals surface area contributed by atoms with Gasteiger partial charge in [-0.15, -0.1) is 0 Å². The minimum absolute atomic E-state index is 0.0458. The SMILES string of the molecule is CC(C)(C)OC(=O)NCc1ccc(C(=O)Nc2nc(N)ccc2[N+](=O)[O-])cc1. The van der Waals surface area contributed by atoms with Gasteiger partial charge in [0.15, 0.2) is 0 Å².